The number of aliphatic hydroxyl groups is 3. The van der Waals surface area contributed by atoms with E-state index in [1.807, 2.05) is 30.3 Å². The quantitative estimate of drug-likeness (QED) is 0.564. The Hall–Kier alpha value is -1.51. The third-order valence-electron chi connectivity index (χ3n) is 3.53. The number of aliphatic hydroxyl groups excluding tert-OH is 3. The predicted octanol–water partition coefficient (Wildman–Crippen LogP) is -0.853. The van der Waals surface area contributed by atoms with Crippen molar-refractivity contribution in [3.63, 3.8) is 0 Å². The highest BCUT2D eigenvalue weighted by Crippen LogP contribution is 2.23. The molecule has 0 radical (unpaired) electrons. The molecule has 0 aliphatic carbocycles. The molecule has 1 aliphatic heterocycles. The third-order valence-corrected chi connectivity index (χ3v) is 3.53. The molecule has 1 amide bonds. The van der Waals surface area contributed by atoms with Crippen LogP contribution in [-0.2, 0) is 20.9 Å². The Morgan fingerprint density at radius 1 is 1.32 bits per heavy atom. The summed E-state index contributed by atoms with van der Waals surface area (Å²) in [4.78, 5) is 11.3. The van der Waals surface area contributed by atoms with Gasteiger partial charge in [0.25, 0.3) is 0 Å². The lowest BCUT2D eigenvalue weighted by Crippen LogP contribution is -2.64. The van der Waals surface area contributed by atoms with Crippen molar-refractivity contribution in [1.29, 1.82) is 0 Å². The van der Waals surface area contributed by atoms with Gasteiger partial charge in [-0.05, 0) is 5.56 Å². The van der Waals surface area contributed by atoms with E-state index in [1.54, 1.807) is 0 Å². The summed E-state index contributed by atoms with van der Waals surface area (Å²) in [6.45, 7) is 1.03. The molecular weight excluding hydrogens is 290 g/mol. The van der Waals surface area contributed by atoms with E-state index in [-0.39, 0.29) is 12.5 Å². The van der Waals surface area contributed by atoms with Crippen LogP contribution in [0.1, 0.15) is 12.5 Å². The summed E-state index contributed by atoms with van der Waals surface area (Å²) in [5, 5.41) is 31.9. The van der Waals surface area contributed by atoms with Crippen molar-refractivity contribution >= 4 is 5.91 Å². The third kappa shape index (κ3) is 4.02. The number of ether oxygens (including phenoxy) is 2. The van der Waals surface area contributed by atoms with E-state index in [9.17, 15) is 20.1 Å². The maximum Gasteiger partial charge on any atom is 0.217 e. The van der Waals surface area contributed by atoms with E-state index >= 15 is 0 Å². The van der Waals surface area contributed by atoms with Crippen LogP contribution < -0.4 is 5.32 Å². The summed E-state index contributed by atoms with van der Waals surface area (Å²) < 4.78 is 10.8. The Bertz CT molecular complexity index is 482. The first kappa shape index (κ1) is 16.9. The van der Waals surface area contributed by atoms with Gasteiger partial charge in [0.1, 0.15) is 24.4 Å². The van der Waals surface area contributed by atoms with Crippen LogP contribution in [0.5, 0.6) is 0 Å². The molecule has 122 valence electrons. The predicted molar refractivity (Wildman–Crippen MR) is 76.6 cm³/mol. The van der Waals surface area contributed by atoms with Crippen molar-refractivity contribution < 1.29 is 29.6 Å². The fourth-order valence-electron chi connectivity index (χ4n) is 2.44. The van der Waals surface area contributed by atoms with Crippen LogP contribution in [0.3, 0.4) is 0 Å². The normalized spacial score (nSPS) is 31.7. The van der Waals surface area contributed by atoms with E-state index in [0.717, 1.165) is 5.56 Å². The van der Waals surface area contributed by atoms with Gasteiger partial charge in [-0.15, -0.1) is 0 Å². The van der Waals surface area contributed by atoms with Gasteiger partial charge in [0.15, 0.2) is 6.29 Å². The van der Waals surface area contributed by atoms with E-state index < -0.39 is 37.3 Å². The lowest BCUT2D eigenvalue weighted by atomic mass is 9.96. The molecule has 1 fully saturated rings. The van der Waals surface area contributed by atoms with E-state index in [4.69, 9.17) is 9.47 Å². The molecule has 2 rings (SSSR count). The van der Waals surface area contributed by atoms with Crippen LogP contribution in [0.4, 0.5) is 0 Å². The number of nitrogens with one attached hydrogen (secondary N) is 1. The van der Waals surface area contributed by atoms with E-state index in [0.29, 0.717) is 0 Å². The van der Waals surface area contributed by atoms with Gasteiger partial charge in [-0.2, -0.15) is 0 Å². The number of carbonyl (C=O) groups is 1. The number of amides is 1. The van der Waals surface area contributed by atoms with Crippen molar-refractivity contribution in [1.82, 2.24) is 5.32 Å². The standard InChI is InChI=1S/C15H21NO6/c1-9(18)16-12-14(13(19)11(7-17)22-15(12)20)21-8-10-5-3-2-4-6-10/h2-6,11-15,17,19-20H,7-8H2,1H3,(H,16,18)/t11?,12?,13-,14-,15+/m1/s1. The smallest absolute Gasteiger partial charge is 0.217 e. The van der Waals surface area contributed by atoms with Gasteiger partial charge >= 0.3 is 0 Å². The summed E-state index contributed by atoms with van der Waals surface area (Å²) in [6.07, 6.45) is -4.41. The van der Waals surface area contributed by atoms with Gasteiger partial charge in [-0.1, -0.05) is 30.3 Å². The molecule has 7 heteroatoms. The molecule has 1 aromatic carbocycles. The summed E-state index contributed by atoms with van der Waals surface area (Å²) in [5.74, 6) is -0.379. The molecule has 0 bridgehead atoms. The van der Waals surface area contributed by atoms with E-state index in [1.165, 1.54) is 6.92 Å². The highest BCUT2D eigenvalue weighted by molar-refractivity contribution is 5.73. The van der Waals surface area contributed by atoms with Crippen LogP contribution in [0, 0.1) is 0 Å². The number of hydrogen-bond donors (Lipinski definition) is 4. The highest BCUT2D eigenvalue weighted by Gasteiger charge is 2.45. The Morgan fingerprint density at radius 3 is 2.59 bits per heavy atom. The number of rotatable bonds is 5. The van der Waals surface area contributed by atoms with Gasteiger partial charge in [0, 0.05) is 6.92 Å². The Kier molecular flexibility index (Phi) is 5.87. The molecule has 1 heterocycles. The zero-order valence-corrected chi connectivity index (χ0v) is 12.3. The van der Waals surface area contributed by atoms with Crippen LogP contribution in [0.25, 0.3) is 0 Å². The zero-order valence-electron chi connectivity index (χ0n) is 12.3. The molecule has 22 heavy (non-hydrogen) atoms. The van der Waals surface area contributed by atoms with E-state index in [2.05, 4.69) is 5.32 Å². The lowest BCUT2D eigenvalue weighted by molar-refractivity contribution is -0.263. The average molecular weight is 311 g/mol. The molecule has 7 nitrogen and oxygen atoms in total. The largest absolute Gasteiger partial charge is 0.394 e. The maximum atomic E-state index is 11.3. The number of carbonyl (C=O) groups excluding carboxylic acids is 1. The fraction of sp³-hybridized carbons (Fsp3) is 0.533. The van der Waals surface area contributed by atoms with Crippen molar-refractivity contribution in [3.8, 4) is 0 Å². The van der Waals surface area contributed by atoms with Gasteiger partial charge in [-0.25, -0.2) is 0 Å². The summed E-state index contributed by atoms with van der Waals surface area (Å²) in [5.41, 5.74) is 0.887. The van der Waals surface area contributed by atoms with Gasteiger partial charge in [0.2, 0.25) is 5.91 Å². The molecule has 0 saturated carbocycles. The minimum atomic E-state index is -1.37. The van der Waals surface area contributed by atoms with Gasteiger partial charge in [0.05, 0.1) is 13.2 Å². The summed E-state index contributed by atoms with van der Waals surface area (Å²) in [6, 6.07) is 8.39. The van der Waals surface area contributed by atoms with Crippen LogP contribution in [0.2, 0.25) is 0 Å². The van der Waals surface area contributed by atoms with Crippen LogP contribution in [0.15, 0.2) is 30.3 Å². The molecule has 1 aliphatic rings. The molecule has 0 spiro atoms. The second-order valence-corrected chi connectivity index (χ2v) is 5.23. The van der Waals surface area contributed by atoms with Crippen molar-refractivity contribution in [3.05, 3.63) is 35.9 Å². The highest BCUT2D eigenvalue weighted by atomic mass is 16.6. The van der Waals surface area contributed by atoms with Crippen molar-refractivity contribution in [2.75, 3.05) is 6.61 Å². The zero-order chi connectivity index (χ0) is 16.1. The molecule has 0 aromatic heterocycles. The average Bonchev–Trinajstić information content (AvgIpc) is 2.50. The van der Waals surface area contributed by atoms with Crippen LogP contribution >= 0.6 is 0 Å². The minimum Gasteiger partial charge on any atom is -0.394 e. The fourth-order valence-corrected chi connectivity index (χ4v) is 2.44. The molecule has 4 N–H and O–H groups in total. The molecular formula is C15H21NO6. The minimum absolute atomic E-state index is 0.198. The molecule has 2 unspecified atom stereocenters. The monoisotopic (exact) mass is 311 g/mol. The number of benzene rings is 1. The van der Waals surface area contributed by atoms with Gasteiger partial charge < -0.3 is 30.1 Å². The first-order valence-electron chi connectivity index (χ1n) is 7.08. The first-order valence-corrected chi connectivity index (χ1v) is 7.08. The molecule has 1 saturated heterocycles. The van der Waals surface area contributed by atoms with Gasteiger partial charge in [-0.3, -0.25) is 4.79 Å². The summed E-state index contributed by atoms with van der Waals surface area (Å²) in [7, 11) is 0. The SMILES string of the molecule is CC(=O)NC1[C@@H](OCc2ccccc2)[C@H](O)C(CO)O[C@@H]1O. The first-order chi connectivity index (χ1) is 10.5. The second kappa shape index (κ2) is 7.66. The van der Waals surface area contributed by atoms with Crippen molar-refractivity contribution in [2.24, 2.45) is 0 Å². The molecule has 1 aromatic rings. The maximum absolute atomic E-state index is 11.3. The van der Waals surface area contributed by atoms with Crippen molar-refractivity contribution in [2.45, 2.75) is 44.2 Å². The Balaban J connectivity index is 2.10. The summed E-state index contributed by atoms with van der Waals surface area (Å²) >= 11 is 0. The Morgan fingerprint density at radius 2 is 2.00 bits per heavy atom. The lowest BCUT2D eigenvalue weighted by Gasteiger charge is -2.42. The Labute approximate surface area is 128 Å². The topological polar surface area (TPSA) is 108 Å². The van der Waals surface area contributed by atoms with Crippen LogP contribution in [-0.4, -0.2) is 58.5 Å². The molecule has 5 atom stereocenters. The second-order valence-electron chi connectivity index (χ2n) is 5.23. The number of hydrogen-bond acceptors (Lipinski definition) is 6.